The van der Waals surface area contributed by atoms with Crippen molar-refractivity contribution in [2.45, 2.75) is 33.3 Å². The van der Waals surface area contributed by atoms with Crippen LogP contribution in [0.25, 0.3) is 0 Å². The zero-order valence-electron chi connectivity index (χ0n) is 7.40. The fraction of sp³-hybridized carbons (Fsp3) is 0.714. The molecule has 0 fully saturated rings. The van der Waals surface area contributed by atoms with Crippen molar-refractivity contribution in [1.82, 2.24) is 0 Å². The summed E-state index contributed by atoms with van der Waals surface area (Å²) in [6, 6.07) is 0. The fourth-order valence-electron chi connectivity index (χ4n) is 0.393. The summed E-state index contributed by atoms with van der Waals surface area (Å²) >= 11 is 0. The van der Waals surface area contributed by atoms with Crippen molar-refractivity contribution in [1.29, 1.82) is 0 Å². The summed E-state index contributed by atoms with van der Waals surface area (Å²) in [6.45, 7) is 5.01. The number of azo groups is 1. The van der Waals surface area contributed by atoms with E-state index in [0.29, 0.717) is 0 Å². The van der Waals surface area contributed by atoms with E-state index in [-0.39, 0.29) is 12.5 Å². The minimum absolute atomic E-state index is 0.235. The van der Waals surface area contributed by atoms with Crippen molar-refractivity contribution in [3.05, 3.63) is 0 Å². The van der Waals surface area contributed by atoms with Crippen molar-refractivity contribution in [3.8, 4) is 0 Å². The molecule has 5 nitrogen and oxygen atoms in total. The first-order valence-electron chi connectivity index (χ1n) is 3.71. The third-order valence-corrected chi connectivity index (χ3v) is 0.882. The molecule has 0 bridgehead atoms. The molecule has 0 rings (SSSR count). The molecule has 0 saturated carbocycles. The molecule has 0 atom stereocenters. The molecule has 0 unspecified atom stereocenters. The Bertz CT molecular complexity index is 199. The Hall–Kier alpha value is -1.26. The van der Waals surface area contributed by atoms with Crippen LogP contribution in [0.4, 0.5) is 4.79 Å². The normalized spacial score (nSPS) is 10.7. The van der Waals surface area contributed by atoms with E-state index >= 15 is 0 Å². The largest absolute Gasteiger partial charge is 0.452 e. The molecule has 0 aromatic heterocycles. The standard InChI is InChI=1S/C7H12N2O3/c1-4-6(10)8-9-7(11)12-5(2)3/h5H,4H2,1-3H3/b9-8+. The van der Waals surface area contributed by atoms with Gasteiger partial charge in [-0.2, -0.15) is 0 Å². The van der Waals surface area contributed by atoms with Gasteiger partial charge in [0.25, 0.3) is 5.91 Å². The second-order valence-electron chi connectivity index (χ2n) is 2.38. The second kappa shape index (κ2) is 5.40. The third kappa shape index (κ3) is 5.52. The molecule has 68 valence electrons. The van der Waals surface area contributed by atoms with Gasteiger partial charge in [-0.05, 0) is 13.8 Å². The fourth-order valence-corrected chi connectivity index (χ4v) is 0.393. The molecule has 0 aromatic carbocycles. The van der Waals surface area contributed by atoms with Gasteiger partial charge >= 0.3 is 6.09 Å². The first kappa shape index (κ1) is 10.7. The van der Waals surface area contributed by atoms with Gasteiger partial charge in [0.2, 0.25) is 0 Å². The summed E-state index contributed by atoms with van der Waals surface area (Å²) in [5.41, 5.74) is 0. The van der Waals surface area contributed by atoms with Gasteiger partial charge in [0.1, 0.15) is 0 Å². The van der Waals surface area contributed by atoms with Crippen LogP contribution in [0.15, 0.2) is 10.2 Å². The number of carbonyl (C=O) groups excluding carboxylic acids is 2. The summed E-state index contributed by atoms with van der Waals surface area (Å²) in [4.78, 5) is 21.2. The van der Waals surface area contributed by atoms with Gasteiger partial charge in [-0.15, -0.1) is 5.11 Å². The van der Waals surface area contributed by atoms with E-state index in [1.54, 1.807) is 20.8 Å². The molecule has 5 heteroatoms. The zero-order valence-corrected chi connectivity index (χ0v) is 7.40. The number of nitrogens with zero attached hydrogens (tertiary/aromatic N) is 2. The molecule has 0 N–H and O–H groups in total. The molecular formula is C7H12N2O3. The molecule has 0 spiro atoms. The molecule has 12 heavy (non-hydrogen) atoms. The number of carbonyl (C=O) groups is 2. The summed E-state index contributed by atoms with van der Waals surface area (Å²) in [7, 11) is 0. The highest BCUT2D eigenvalue weighted by molar-refractivity contribution is 5.78. The van der Waals surface area contributed by atoms with Crippen LogP contribution < -0.4 is 0 Å². The Labute approximate surface area is 70.8 Å². The molecule has 0 aliphatic heterocycles. The number of amides is 2. The van der Waals surface area contributed by atoms with Crippen LogP contribution in [0.1, 0.15) is 27.2 Å². The van der Waals surface area contributed by atoms with Crippen LogP contribution in [-0.2, 0) is 9.53 Å². The molecule has 0 aromatic rings. The van der Waals surface area contributed by atoms with E-state index in [1.807, 2.05) is 0 Å². The van der Waals surface area contributed by atoms with Crippen LogP contribution in [0, 0.1) is 0 Å². The molecule has 2 amide bonds. The van der Waals surface area contributed by atoms with Crippen molar-refractivity contribution >= 4 is 12.0 Å². The zero-order chi connectivity index (χ0) is 9.56. The Morgan fingerprint density at radius 3 is 2.33 bits per heavy atom. The van der Waals surface area contributed by atoms with Gasteiger partial charge < -0.3 is 4.74 Å². The smallest absolute Gasteiger partial charge is 0.444 e. The van der Waals surface area contributed by atoms with E-state index in [0.717, 1.165) is 0 Å². The minimum Gasteiger partial charge on any atom is -0.444 e. The number of hydrogen-bond donors (Lipinski definition) is 0. The maximum absolute atomic E-state index is 10.6. The summed E-state index contributed by atoms with van der Waals surface area (Å²) < 4.78 is 4.59. The quantitative estimate of drug-likeness (QED) is 0.597. The lowest BCUT2D eigenvalue weighted by Gasteiger charge is -2.01. The van der Waals surface area contributed by atoms with Gasteiger partial charge in [-0.3, -0.25) is 4.79 Å². The van der Waals surface area contributed by atoms with Crippen LogP contribution in [0.2, 0.25) is 0 Å². The Kier molecular flexibility index (Phi) is 4.83. The van der Waals surface area contributed by atoms with Crippen LogP contribution >= 0.6 is 0 Å². The van der Waals surface area contributed by atoms with E-state index in [1.165, 1.54) is 0 Å². The van der Waals surface area contributed by atoms with E-state index in [4.69, 9.17) is 0 Å². The maximum Gasteiger partial charge on any atom is 0.452 e. The predicted octanol–water partition coefficient (Wildman–Crippen LogP) is 1.92. The minimum atomic E-state index is -0.827. The second-order valence-corrected chi connectivity index (χ2v) is 2.38. The molecular weight excluding hydrogens is 160 g/mol. The first-order valence-corrected chi connectivity index (χ1v) is 3.71. The Morgan fingerprint density at radius 1 is 1.33 bits per heavy atom. The highest BCUT2D eigenvalue weighted by Crippen LogP contribution is 1.93. The monoisotopic (exact) mass is 172 g/mol. The average molecular weight is 172 g/mol. The highest BCUT2D eigenvalue weighted by Gasteiger charge is 2.03. The lowest BCUT2D eigenvalue weighted by molar-refractivity contribution is -0.118. The first-order chi connectivity index (χ1) is 5.56. The van der Waals surface area contributed by atoms with Crippen LogP contribution in [-0.4, -0.2) is 18.1 Å². The van der Waals surface area contributed by atoms with E-state index in [2.05, 4.69) is 15.0 Å². The summed E-state index contributed by atoms with van der Waals surface area (Å²) in [5.74, 6) is -0.435. The molecule has 0 heterocycles. The lowest BCUT2D eigenvalue weighted by atomic mass is 10.5. The number of ether oxygens (including phenoxy) is 1. The number of rotatable bonds is 2. The molecule has 0 aliphatic rings. The van der Waals surface area contributed by atoms with Gasteiger partial charge in [-0.1, -0.05) is 12.0 Å². The van der Waals surface area contributed by atoms with Gasteiger partial charge in [-0.25, -0.2) is 4.79 Å². The van der Waals surface area contributed by atoms with Gasteiger partial charge in [0, 0.05) is 6.42 Å². The topological polar surface area (TPSA) is 68.1 Å². The highest BCUT2D eigenvalue weighted by atomic mass is 16.6. The Balaban J connectivity index is 3.83. The van der Waals surface area contributed by atoms with Crippen molar-refractivity contribution in [2.24, 2.45) is 10.2 Å². The summed E-state index contributed by atoms with van der Waals surface area (Å²) in [6.07, 6.45) is -0.835. The summed E-state index contributed by atoms with van der Waals surface area (Å²) in [5, 5.41) is 6.16. The van der Waals surface area contributed by atoms with Crippen molar-refractivity contribution < 1.29 is 14.3 Å². The third-order valence-electron chi connectivity index (χ3n) is 0.882. The molecule has 0 radical (unpaired) electrons. The van der Waals surface area contributed by atoms with Gasteiger partial charge in [0.15, 0.2) is 0 Å². The van der Waals surface area contributed by atoms with E-state index in [9.17, 15) is 9.59 Å². The SMILES string of the molecule is CCC(=O)/N=N/C(=O)OC(C)C. The lowest BCUT2D eigenvalue weighted by Crippen LogP contribution is -2.07. The van der Waals surface area contributed by atoms with E-state index < -0.39 is 12.0 Å². The van der Waals surface area contributed by atoms with Crippen molar-refractivity contribution in [2.75, 3.05) is 0 Å². The molecule has 0 saturated heterocycles. The predicted molar refractivity (Wildman–Crippen MR) is 41.8 cm³/mol. The maximum atomic E-state index is 10.6. The van der Waals surface area contributed by atoms with Crippen molar-refractivity contribution in [3.63, 3.8) is 0 Å². The van der Waals surface area contributed by atoms with Crippen LogP contribution in [0.5, 0.6) is 0 Å². The Morgan fingerprint density at radius 2 is 1.92 bits per heavy atom. The van der Waals surface area contributed by atoms with Gasteiger partial charge in [0.05, 0.1) is 6.10 Å². The van der Waals surface area contributed by atoms with Crippen LogP contribution in [0.3, 0.4) is 0 Å². The molecule has 0 aliphatic carbocycles. The average Bonchev–Trinajstić information content (AvgIpc) is 1.99. The number of hydrogen-bond acceptors (Lipinski definition) is 3.